The molecule has 3 aromatic rings. The van der Waals surface area contributed by atoms with E-state index < -0.39 is 15.8 Å². The number of amides is 1. The summed E-state index contributed by atoms with van der Waals surface area (Å²) in [5.74, 6) is 0.434. The van der Waals surface area contributed by atoms with Crippen LogP contribution in [0.1, 0.15) is 11.1 Å². The number of anilines is 1. The number of rotatable bonds is 8. The quantitative estimate of drug-likeness (QED) is 0.163. The van der Waals surface area contributed by atoms with Crippen molar-refractivity contribution in [3.05, 3.63) is 103 Å². The van der Waals surface area contributed by atoms with Crippen LogP contribution in [-0.4, -0.2) is 27.2 Å². The number of nitro benzene ring substituents is 2. The van der Waals surface area contributed by atoms with Crippen molar-refractivity contribution in [3.63, 3.8) is 0 Å². The highest BCUT2D eigenvalue weighted by Gasteiger charge is 2.34. The fourth-order valence-electron chi connectivity index (χ4n) is 3.40. The van der Waals surface area contributed by atoms with E-state index in [1.165, 1.54) is 42.3 Å². The van der Waals surface area contributed by atoms with Gasteiger partial charge in [-0.15, -0.1) is 0 Å². The Morgan fingerprint density at radius 3 is 2.36 bits per heavy atom. The smallest absolute Gasteiger partial charge is 0.271 e. The van der Waals surface area contributed by atoms with Crippen LogP contribution in [0.2, 0.25) is 0 Å². The number of non-ortho nitro benzene ring substituents is 2. The second kappa shape index (κ2) is 10.5. The lowest BCUT2D eigenvalue weighted by molar-refractivity contribution is -0.385. The zero-order valence-electron chi connectivity index (χ0n) is 18.7. The molecular weight excluding hydrogens is 506 g/mol. The SMILES string of the molecule is COc1cc(/C=C2/SC(=S)N(c3cccc([N+](=O)[O-])c3)C2=O)ccc1OCc1cccc([N+](=O)[O-])c1. The third kappa shape index (κ3) is 5.34. The average Bonchev–Trinajstić information content (AvgIpc) is 3.15. The largest absolute Gasteiger partial charge is 0.493 e. The van der Waals surface area contributed by atoms with Crippen molar-refractivity contribution in [2.24, 2.45) is 0 Å². The third-order valence-corrected chi connectivity index (χ3v) is 6.40. The van der Waals surface area contributed by atoms with E-state index >= 15 is 0 Å². The first-order valence-electron chi connectivity index (χ1n) is 10.3. The van der Waals surface area contributed by atoms with E-state index in [1.54, 1.807) is 42.5 Å². The third-order valence-electron chi connectivity index (χ3n) is 5.09. The summed E-state index contributed by atoms with van der Waals surface area (Å²) < 4.78 is 11.5. The number of nitro groups is 2. The van der Waals surface area contributed by atoms with Gasteiger partial charge >= 0.3 is 0 Å². The fraction of sp³-hybridized carbons (Fsp3) is 0.0833. The zero-order chi connectivity index (χ0) is 25.8. The molecule has 36 heavy (non-hydrogen) atoms. The first kappa shape index (κ1) is 24.8. The van der Waals surface area contributed by atoms with Crippen LogP contribution in [0.4, 0.5) is 17.1 Å². The van der Waals surface area contributed by atoms with Gasteiger partial charge in [0.15, 0.2) is 15.8 Å². The Kier molecular flexibility index (Phi) is 7.27. The Morgan fingerprint density at radius 2 is 1.67 bits per heavy atom. The topological polar surface area (TPSA) is 125 Å². The van der Waals surface area contributed by atoms with Crippen LogP contribution in [-0.2, 0) is 11.4 Å². The second-order valence-corrected chi connectivity index (χ2v) is 9.10. The van der Waals surface area contributed by atoms with Crippen molar-refractivity contribution in [2.75, 3.05) is 12.0 Å². The molecule has 0 spiro atoms. The van der Waals surface area contributed by atoms with Crippen LogP contribution in [0.15, 0.2) is 71.6 Å². The number of thioether (sulfide) groups is 1. The molecule has 0 unspecified atom stereocenters. The van der Waals surface area contributed by atoms with Gasteiger partial charge in [0.2, 0.25) is 0 Å². The maximum Gasteiger partial charge on any atom is 0.271 e. The van der Waals surface area contributed by atoms with Crippen LogP contribution >= 0.6 is 24.0 Å². The number of hydrogen-bond donors (Lipinski definition) is 0. The van der Waals surface area contributed by atoms with Crippen LogP contribution in [0.5, 0.6) is 11.5 Å². The van der Waals surface area contributed by atoms with Crippen molar-refractivity contribution in [1.82, 2.24) is 0 Å². The molecule has 1 aliphatic rings. The van der Waals surface area contributed by atoms with Gasteiger partial charge < -0.3 is 9.47 Å². The fourth-order valence-corrected chi connectivity index (χ4v) is 4.70. The standard InChI is InChI=1S/C24H17N3O7S2/c1-33-21-11-15(8-9-20(21)34-14-16-4-2-6-18(10-16)26(29)30)12-22-23(28)25(24(35)36-22)17-5-3-7-19(13-17)27(31)32/h2-13H,14H2,1H3/b22-12+. The minimum Gasteiger partial charge on any atom is -0.493 e. The summed E-state index contributed by atoms with van der Waals surface area (Å²) in [7, 11) is 1.47. The highest BCUT2D eigenvalue weighted by atomic mass is 32.2. The Balaban J connectivity index is 1.53. The highest BCUT2D eigenvalue weighted by molar-refractivity contribution is 8.27. The Hall–Kier alpha value is -4.29. The van der Waals surface area contributed by atoms with Crippen LogP contribution in [0, 0.1) is 20.2 Å². The monoisotopic (exact) mass is 523 g/mol. The van der Waals surface area contributed by atoms with Crippen molar-refractivity contribution in [2.45, 2.75) is 6.61 Å². The van der Waals surface area contributed by atoms with E-state index in [0.29, 0.717) is 33.2 Å². The molecule has 10 nitrogen and oxygen atoms in total. The molecule has 0 saturated carbocycles. The van der Waals surface area contributed by atoms with Gasteiger partial charge in [-0.2, -0.15) is 0 Å². The van der Waals surface area contributed by atoms with Gasteiger partial charge in [0, 0.05) is 24.3 Å². The highest BCUT2D eigenvalue weighted by Crippen LogP contribution is 2.38. The molecular formula is C24H17N3O7S2. The van der Waals surface area contributed by atoms with Gasteiger partial charge in [-0.3, -0.25) is 29.9 Å². The second-order valence-electron chi connectivity index (χ2n) is 7.42. The number of carbonyl (C=O) groups is 1. The van der Waals surface area contributed by atoms with E-state index in [-0.39, 0.29) is 22.3 Å². The van der Waals surface area contributed by atoms with Crippen LogP contribution < -0.4 is 14.4 Å². The number of benzene rings is 3. The van der Waals surface area contributed by atoms with Gasteiger partial charge in [-0.25, -0.2) is 0 Å². The van der Waals surface area contributed by atoms with Crippen molar-refractivity contribution in [1.29, 1.82) is 0 Å². The Morgan fingerprint density at radius 1 is 0.972 bits per heavy atom. The van der Waals surface area contributed by atoms with Gasteiger partial charge in [0.1, 0.15) is 6.61 Å². The Labute approximate surface area is 214 Å². The lowest BCUT2D eigenvalue weighted by Crippen LogP contribution is -2.27. The normalized spacial score (nSPS) is 14.2. The summed E-state index contributed by atoms with van der Waals surface area (Å²) in [6, 6.07) is 16.9. The number of hydrogen-bond acceptors (Lipinski definition) is 9. The van der Waals surface area contributed by atoms with E-state index in [1.807, 2.05) is 0 Å². The van der Waals surface area contributed by atoms with E-state index in [4.69, 9.17) is 21.7 Å². The molecule has 1 aliphatic heterocycles. The maximum atomic E-state index is 13.0. The van der Waals surface area contributed by atoms with Gasteiger partial charge in [0.05, 0.1) is 27.5 Å². The summed E-state index contributed by atoms with van der Waals surface area (Å²) >= 11 is 6.43. The van der Waals surface area contributed by atoms with E-state index in [0.717, 1.165) is 11.8 Å². The summed E-state index contributed by atoms with van der Waals surface area (Å²) in [5.41, 5.74) is 1.42. The molecule has 4 rings (SSSR count). The molecule has 0 N–H and O–H groups in total. The molecule has 1 fully saturated rings. The first-order valence-corrected chi connectivity index (χ1v) is 11.6. The van der Waals surface area contributed by atoms with Crippen molar-refractivity contribution < 1.29 is 24.1 Å². The lowest BCUT2D eigenvalue weighted by atomic mass is 10.1. The molecule has 182 valence electrons. The van der Waals surface area contributed by atoms with E-state index in [9.17, 15) is 25.0 Å². The number of ether oxygens (including phenoxy) is 2. The summed E-state index contributed by atoms with van der Waals surface area (Å²) in [4.78, 5) is 35.7. The maximum absolute atomic E-state index is 13.0. The van der Waals surface area contributed by atoms with Gasteiger partial charge in [-0.05, 0) is 35.4 Å². The van der Waals surface area contributed by atoms with Crippen molar-refractivity contribution >= 4 is 57.3 Å². The molecule has 0 aliphatic carbocycles. The molecule has 1 heterocycles. The number of carbonyl (C=O) groups excluding carboxylic acids is 1. The molecule has 12 heteroatoms. The summed E-state index contributed by atoms with van der Waals surface area (Å²) in [6.07, 6.45) is 1.64. The molecule has 0 atom stereocenters. The number of thiocarbonyl (C=S) groups is 1. The first-order chi connectivity index (χ1) is 17.3. The van der Waals surface area contributed by atoms with E-state index in [2.05, 4.69) is 0 Å². The summed E-state index contributed by atoms with van der Waals surface area (Å²) in [5, 5.41) is 22.1. The molecule has 0 aromatic heterocycles. The number of methoxy groups -OCH3 is 1. The lowest BCUT2D eigenvalue weighted by Gasteiger charge is -2.14. The zero-order valence-corrected chi connectivity index (χ0v) is 20.3. The van der Waals surface area contributed by atoms with Crippen molar-refractivity contribution in [3.8, 4) is 11.5 Å². The molecule has 1 amide bonds. The average molecular weight is 524 g/mol. The minimum atomic E-state index is -0.536. The van der Waals surface area contributed by atoms with Crippen LogP contribution in [0.25, 0.3) is 6.08 Å². The predicted molar refractivity (Wildman–Crippen MR) is 139 cm³/mol. The van der Waals surface area contributed by atoms with Gasteiger partial charge in [0.25, 0.3) is 17.3 Å². The van der Waals surface area contributed by atoms with Gasteiger partial charge in [-0.1, -0.05) is 48.2 Å². The predicted octanol–water partition coefficient (Wildman–Crippen LogP) is 5.50. The molecule has 3 aromatic carbocycles. The number of nitrogens with zero attached hydrogens (tertiary/aromatic N) is 3. The van der Waals surface area contributed by atoms with Crippen LogP contribution in [0.3, 0.4) is 0 Å². The summed E-state index contributed by atoms with van der Waals surface area (Å²) in [6.45, 7) is 0.0965. The Bertz CT molecular complexity index is 1420. The molecule has 0 radical (unpaired) electrons. The molecule has 1 saturated heterocycles. The minimum absolute atomic E-state index is 0.0270. The molecule has 0 bridgehead atoms.